The molecule has 0 saturated heterocycles. The number of rotatable bonds is 4. The second-order valence-electron chi connectivity index (χ2n) is 4.09. The van der Waals surface area contributed by atoms with Crippen LogP contribution in [0, 0.1) is 0 Å². The first kappa shape index (κ1) is 12.4. The van der Waals surface area contributed by atoms with Gasteiger partial charge in [-0.25, -0.2) is 0 Å². The van der Waals surface area contributed by atoms with Gasteiger partial charge in [-0.3, -0.25) is 14.5 Å². The zero-order chi connectivity index (χ0) is 13.0. The maximum absolute atomic E-state index is 11.8. The normalized spacial score (nSPS) is 13.8. The molecule has 1 aliphatic rings. The van der Waals surface area contributed by atoms with E-state index in [1.807, 2.05) is 19.1 Å². The minimum Gasteiger partial charge on any atom is -0.482 e. The second kappa shape index (κ2) is 5.53. The van der Waals surface area contributed by atoms with Crippen molar-refractivity contribution in [3.8, 4) is 5.75 Å². The van der Waals surface area contributed by atoms with E-state index < -0.39 is 0 Å². The quantitative estimate of drug-likeness (QED) is 0.862. The third-order valence-electron chi connectivity index (χ3n) is 2.68. The first-order valence-corrected chi connectivity index (χ1v) is 6.01. The number of nitrogens with one attached hydrogen (secondary N) is 1. The summed E-state index contributed by atoms with van der Waals surface area (Å²) in [5, 5.41) is 2.76. The number of carbonyl (C=O) groups is 2. The van der Waals surface area contributed by atoms with Gasteiger partial charge in [0.1, 0.15) is 12.3 Å². The molecule has 0 fully saturated rings. The van der Waals surface area contributed by atoms with Gasteiger partial charge >= 0.3 is 0 Å². The van der Waals surface area contributed by atoms with Crippen LogP contribution >= 0.6 is 0 Å². The average molecular weight is 248 g/mol. The summed E-state index contributed by atoms with van der Waals surface area (Å²) in [6.07, 6.45) is 0.874. The highest BCUT2D eigenvalue weighted by molar-refractivity contribution is 6.02. The molecule has 1 N–H and O–H groups in total. The lowest BCUT2D eigenvalue weighted by molar-refractivity contribution is -0.125. The molecular formula is C13H16N2O3. The van der Waals surface area contributed by atoms with Crippen molar-refractivity contribution in [1.82, 2.24) is 5.32 Å². The van der Waals surface area contributed by atoms with Crippen LogP contribution in [0.3, 0.4) is 0 Å². The molecule has 96 valence electrons. The van der Waals surface area contributed by atoms with Crippen molar-refractivity contribution in [2.24, 2.45) is 0 Å². The Bertz CT molecular complexity index is 459. The van der Waals surface area contributed by atoms with Gasteiger partial charge in [0, 0.05) is 6.54 Å². The van der Waals surface area contributed by atoms with Gasteiger partial charge in [0.2, 0.25) is 5.91 Å². The van der Waals surface area contributed by atoms with Crippen LogP contribution in [0.5, 0.6) is 5.75 Å². The van der Waals surface area contributed by atoms with Crippen LogP contribution in [0.1, 0.15) is 13.3 Å². The fourth-order valence-electron chi connectivity index (χ4n) is 1.79. The van der Waals surface area contributed by atoms with E-state index >= 15 is 0 Å². The molecule has 2 amide bonds. The summed E-state index contributed by atoms with van der Waals surface area (Å²) in [5.74, 6) is 0.294. The van der Waals surface area contributed by atoms with E-state index in [-0.39, 0.29) is 25.0 Å². The van der Waals surface area contributed by atoms with Crippen LogP contribution in [-0.2, 0) is 9.59 Å². The summed E-state index contributed by atoms with van der Waals surface area (Å²) in [7, 11) is 0. The largest absolute Gasteiger partial charge is 0.482 e. The summed E-state index contributed by atoms with van der Waals surface area (Å²) in [4.78, 5) is 24.9. The Kier molecular flexibility index (Phi) is 3.82. The fraction of sp³-hybridized carbons (Fsp3) is 0.385. The van der Waals surface area contributed by atoms with E-state index in [4.69, 9.17) is 4.74 Å². The predicted molar refractivity (Wildman–Crippen MR) is 67.6 cm³/mol. The molecule has 2 rings (SSSR count). The number of nitrogens with zero attached hydrogens (tertiary/aromatic N) is 1. The number of hydrogen-bond acceptors (Lipinski definition) is 3. The molecule has 0 spiro atoms. The number of ether oxygens (including phenoxy) is 1. The minimum atomic E-state index is -0.194. The number of anilines is 1. The van der Waals surface area contributed by atoms with Crippen LogP contribution < -0.4 is 15.0 Å². The monoisotopic (exact) mass is 248 g/mol. The second-order valence-corrected chi connectivity index (χ2v) is 4.09. The van der Waals surface area contributed by atoms with Gasteiger partial charge in [-0.2, -0.15) is 0 Å². The highest BCUT2D eigenvalue weighted by atomic mass is 16.5. The highest BCUT2D eigenvalue weighted by Gasteiger charge is 2.26. The van der Waals surface area contributed by atoms with E-state index in [1.54, 1.807) is 12.1 Å². The van der Waals surface area contributed by atoms with Crippen LogP contribution in [0.4, 0.5) is 5.69 Å². The summed E-state index contributed by atoms with van der Waals surface area (Å²) in [5.41, 5.74) is 0.653. The zero-order valence-corrected chi connectivity index (χ0v) is 10.3. The lowest BCUT2D eigenvalue weighted by atomic mass is 10.2. The molecule has 5 heteroatoms. The molecule has 0 aromatic heterocycles. The molecule has 0 atom stereocenters. The van der Waals surface area contributed by atoms with Crippen molar-refractivity contribution in [1.29, 1.82) is 0 Å². The average Bonchev–Trinajstić information content (AvgIpc) is 2.40. The number of fused-ring (bicyclic) bond motifs is 1. The maximum Gasteiger partial charge on any atom is 0.265 e. The molecule has 1 aromatic rings. The smallest absolute Gasteiger partial charge is 0.265 e. The van der Waals surface area contributed by atoms with Crippen LogP contribution in [-0.4, -0.2) is 31.5 Å². The molecule has 0 saturated carbocycles. The van der Waals surface area contributed by atoms with Crippen molar-refractivity contribution >= 4 is 17.5 Å². The SMILES string of the molecule is CCCNC(=O)CN1C(=O)COc2ccccc21. The Hall–Kier alpha value is -2.04. The van der Waals surface area contributed by atoms with Gasteiger partial charge in [0.15, 0.2) is 6.61 Å². The van der Waals surface area contributed by atoms with Crippen LogP contribution in [0.15, 0.2) is 24.3 Å². The van der Waals surface area contributed by atoms with E-state index in [0.717, 1.165) is 6.42 Å². The predicted octanol–water partition coefficient (Wildman–Crippen LogP) is 0.938. The molecule has 18 heavy (non-hydrogen) atoms. The Morgan fingerprint density at radius 1 is 1.44 bits per heavy atom. The number of carbonyl (C=O) groups excluding carboxylic acids is 2. The molecular weight excluding hydrogens is 232 g/mol. The van der Waals surface area contributed by atoms with Gasteiger partial charge in [0.25, 0.3) is 5.91 Å². The van der Waals surface area contributed by atoms with Crippen molar-refractivity contribution in [2.75, 3.05) is 24.6 Å². The molecule has 0 unspecified atom stereocenters. The lowest BCUT2D eigenvalue weighted by Gasteiger charge is -2.28. The summed E-state index contributed by atoms with van der Waals surface area (Å²) in [6, 6.07) is 7.22. The van der Waals surface area contributed by atoms with E-state index in [1.165, 1.54) is 4.90 Å². The van der Waals surface area contributed by atoms with Gasteiger partial charge in [-0.1, -0.05) is 19.1 Å². The van der Waals surface area contributed by atoms with E-state index in [9.17, 15) is 9.59 Å². The fourth-order valence-corrected chi connectivity index (χ4v) is 1.79. The number of hydrogen-bond donors (Lipinski definition) is 1. The third kappa shape index (κ3) is 2.61. The van der Waals surface area contributed by atoms with Crippen molar-refractivity contribution in [3.05, 3.63) is 24.3 Å². The molecule has 0 radical (unpaired) electrons. The summed E-state index contributed by atoms with van der Waals surface area (Å²) in [6.45, 7) is 2.63. The molecule has 0 bridgehead atoms. The minimum absolute atomic E-state index is 0.0158. The van der Waals surface area contributed by atoms with Crippen molar-refractivity contribution in [3.63, 3.8) is 0 Å². The standard InChI is InChI=1S/C13H16N2O3/c1-2-7-14-12(16)8-15-10-5-3-4-6-11(10)18-9-13(15)17/h3-6H,2,7-9H2,1H3,(H,14,16). The Balaban J connectivity index is 2.12. The van der Waals surface area contributed by atoms with Crippen LogP contribution in [0.2, 0.25) is 0 Å². The maximum atomic E-state index is 11.8. The van der Waals surface area contributed by atoms with E-state index in [2.05, 4.69) is 5.32 Å². The highest BCUT2D eigenvalue weighted by Crippen LogP contribution is 2.30. The summed E-state index contributed by atoms with van der Waals surface area (Å²) < 4.78 is 5.31. The molecule has 1 aromatic carbocycles. The number of para-hydroxylation sites is 2. The van der Waals surface area contributed by atoms with Gasteiger partial charge < -0.3 is 10.1 Å². The molecule has 5 nitrogen and oxygen atoms in total. The van der Waals surface area contributed by atoms with Gasteiger partial charge in [-0.05, 0) is 18.6 Å². The molecule has 0 aliphatic carbocycles. The van der Waals surface area contributed by atoms with Gasteiger partial charge in [0.05, 0.1) is 5.69 Å². The van der Waals surface area contributed by atoms with E-state index in [0.29, 0.717) is 18.0 Å². The Labute approximate surface area is 106 Å². The first-order valence-electron chi connectivity index (χ1n) is 6.01. The summed E-state index contributed by atoms with van der Waals surface area (Å²) >= 11 is 0. The van der Waals surface area contributed by atoms with Crippen molar-refractivity contribution < 1.29 is 14.3 Å². The van der Waals surface area contributed by atoms with Crippen molar-refractivity contribution in [2.45, 2.75) is 13.3 Å². The Morgan fingerprint density at radius 2 is 2.22 bits per heavy atom. The molecule has 1 heterocycles. The third-order valence-corrected chi connectivity index (χ3v) is 2.68. The topological polar surface area (TPSA) is 58.6 Å². The van der Waals surface area contributed by atoms with Gasteiger partial charge in [-0.15, -0.1) is 0 Å². The Morgan fingerprint density at radius 3 is 3.00 bits per heavy atom. The number of benzene rings is 1. The molecule has 1 aliphatic heterocycles. The van der Waals surface area contributed by atoms with Crippen LogP contribution in [0.25, 0.3) is 0 Å². The first-order chi connectivity index (χ1) is 8.72. The number of amides is 2. The zero-order valence-electron chi connectivity index (χ0n) is 10.3. The lowest BCUT2D eigenvalue weighted by Crippen LogP contribution is -2.45.